The van der Waals surface area contributed by atoms with E-state index in [1.807, 2.05) is 79.7 Å². The standard InChI is InChI=1S/C32H20N8O2/c1-3-31(20-10-6-4-8-18(20)27-29(31)39-24(15-35)22(13-33)37-27)17-32(12-26(41)42-2)21-11-7-5-9-19(21)28-30(32)40-25(16-36)23(14-34)38-28/h4-11H,3,12,17H2,1-2H3. The Morgan fingerprint density at radius 1 is 0.714 bits per heavy atom. The van der Waals surface area contributed by atoms with Gasteiger partial charge < -0.3 is 4.74 Å². The Bertz CT molecular complexity index is 2010. The van der Waals surface area contributed by atoms with Crippen molar-refractivity contribution in [3.8, 4) is 46.8 Å². The zero-order valence-corrected chi connectivity index (χ0v) is 22.6. The van der Waals surface area contributed by atoms with Gasteiger partial charge in [0, 0.05) is 16.5 Å². The molecule has 200 valence electrons. The SMILES string of the molecule is CCC1(CC2(CC(=O)OC)c3ccccc3-c3nc(C#N)c(C#N)nc32)c2ccccc2-c2nc(C#N)c(C#N)nc21. The molecule has 2 atom stereocenters. The molecule has 0 radical (unpaired) electrons. The van der Waals surface area contributed by atoms with Crippen LogP contribution in [0.5, 0.6) is 0 Å². The number of aromatic nitrogens is 4. The predicted molar refractivity (Wildman–Crippen MR) is 147 cm³/mol. The molecule has 0 fully saturated rings. The van der Waals surface area contributed by atoms with Gasteiger partial charge >= 0.3 is 5.97 Å². The Morgan fingerprint density at radius 3 is 1.60 bits per heavy atom. The van der Waals surface area contributed by atoms with Crippen LogP contribution in [0.3, 0.4) is 0 Å². The number of nitrogens with zero attached hydrogens (tertiary/aromatic N) is 8. The number of hydrogen-bond donors (Lipinski definition) is 0. The number of hydrogen-bond acceptors (Lipinski definition) is 10. The Morgan fingerprint density at radius 2 is 1.14 bits per heavy atom. The summed E-state index contributed by atoms with van der Waals surface area (Å²) in [5.41, 5.74) is 2.55. The topological polar surface area (TPSA) is 173 Å². The molecule has 2 heterocycles. The van der Waals surface area contributed by atoms with E-state index in [0.717, 1.165) is 16.7 Å². The average molecular weight is 549 g/mol. The number of rotatable bonds is 5. The quantitative estimate of drug-likeness (QED) is 0.326. The molecule has 2 aromatic carbocycles. The van der Waals surface area contributed by atoms with Gasteiger partial charge in [-0.2, -0.15) is 21.0 Å². The molecule has 10 nitrogen and oxygen atoms in total. The van der Waals surface area contributed by atoms with E-state index in [0.29, 0.717) is 34.8 Å². The minimum Gasteiger partial charge on any atom is -0.469 e. The molecule has 4 aromatic rings. The minimum atomic E-state index is -1.15. The van der Waals surface area contributed by atoms with Gasteiger partial charge in [-0.15, -0.1) is 0 Å². The number of benzene rings is 2. The van der Waals surface area contributed by atoms with E-state index < -0.39 is 16.8 Å². The van der Waals surface area contributed by atoms with Crippen LogP contribution in [-0.2, 0) is 20.4 Å². The molecule has 0 bridgehead atoms. The highest BCUT2D eigenvalue weighted by Crippen LogP contribution is 2.60. The molecule has 0 amide bonds. The molecular formula is C32H20N8O2. The van der Waals surface area contributed by atoms with Gasteiger partial charge in [-0.3, -0.25) is 4.79 Å². The zero-order valence-electron chi connectivity index (χ0n) is 22.6. The largest absolute Gasteiger partial charge is 0.469 e. The third-order valence-corrected chi connectivity index (χ3v) is 8.40. The van der Waals surface area contributed by atoms with E-state index in [9.17, 15) is 25.8 Å². The highest BCUT2D eigenvalue weighted by atomic mass is 16.5. The average Bonchev–Trinajstić information content (AvgIpc) is 3.45. The smallest absolute Gasteiger partial charge is 0.306 e. The van der Waals surface area contributed by atoms with E-state index in [1.54, 1.807) is 0 Å². The number of methoxy groups -OCH3 is 1. The molecule has 2 unspecified atom stereocenters. The van der Waals surface area contributed by atoms with Crippen LogP contribution in [0, 0.1) is 45.3 Å². The maximum Gasteiger partial charge on any atom is 0.306 e. The van der Waals surface area contributed by atoms with Crippen molar-refractivity contribution in [3.63, 3.8) is 0 Å². The first-order valence-electron chi connectivity index (χ1n) is 13.1. The van der Waals surface area contributed by atoms with E-state index in [-0.39, 0.29) is 35.6 Å². The van der Waals surface area contributed by atoms with Gasteiger partial charge in [-0.05, 0) is 24.0 Å². The lowest BCUT2D eigenvalue weighted by Crippen LogP contribution is -2.40. The second-order valence-electron chi connectivity index (χ2n) is 10.2. The van der Waals surface area contributed by atoms with Crippen molar-refractivity contribution in [1.82, 2.24) is 19.9 Å². The molecule has 0 aliphatic heterocycles. The Labute approximate surface area is 241 Å². The number of carbonyl (C=O) groups excluding carboxylic acids is 1. The maximum atomic E-state index is 13.2. The first-order chi connectivity index (χ1) is 20.4. The van der Waals surface area contributed by atoms with E-state index in [1.165, 1.54) is 7.11 Å². The lowest BCUT2D eigenvalue weighted by molar-refractivity contribution is -0.142. The van der Waals surface area contributed by atoms with Crippen LogP contribution in [-0.4, -0.2) is 33.0 Å². The lowest BCUT2D eigenvalue weighted by atomic mass is 9.62. The molecule has 0 saturated carbocycles. The molecule has 0 saturated heterocycles. The number of nitriles is 4. The van der Waals surface area contributed by atoms with Gasteiger partial charge in [-0.25, -0.2) is 19.9 Å². The van der Waals surface area contributed by atoms with Crippen LogP contribution in [0.2, 0.25) is 0 Å². The van der Waals surface area contributed by atoms with Gasteiger partial charge in [0.1, 0.15) is 24.3 Å². The fourth-order valence-electron chi connectivity index (χ4n) is 6.61. The van der Waals surface area contributed by atoms with Crippen molar-refractivity contribution in [2.24, 2.45) is 0 Å². The van der Waals surface area contributed by atoms with Crippen LogP contribution in [0.15, 0.2) is 48.5 Å². The van der Waals surface area contributed by atoms with E-state index >= 15 is 0 Å². The summed E-state index contributed by atoms with van der Waals surface area (Å²) in [6.45, 7) is 2.00. The number of ether oxygens (including phenoxy) is 1. The van der Waals surface area contributed by atoms with Gasteiger partial charge in [0.25, 0.3) is 0 Å². The van der Waals surface area contributed by atoms with Gasteiger partial charge in [-0.1, -0.05) is 55.5 Å². The van der Waals surface area contributed by atoms with E-state index in [2.05, 4.69) is 9.97 Å². The third-order valence-electron chi connectivity index (χ3n) is 8.40. The molecule has 10 heteroatoms. The van der Waals surface area contributed by atoms with Crippen molar-refractivity contribution in [2.75, 3.05) is 7.11 Å². The molecular weight excluding hydrogens is 528 g/mol. The fraction of sp³-hybridized carbons (Fsp3) is 0.219. The summed E-state index contributed by atoms with van der Waals surface area (Å²) in [5, 5.41) is 39.2. The molecule has 0 spiro atoms. The van der Waals surface area contributed by atoms with Gasteiger partial charge in [0.05, 0.1) is 41.7 Å². The highest BCUT2D eigenvalue weighted by Gasteiger charge is 2.56. The summed E-state index contributed by atoms with van der Waals surface area (Å²) >= 11 is 0. The van der Waals surface area contributed by atoms with Crippen molar-refractivity contribution < 1.29 is 9.53 Å². The summed E-state index contributed by atoms with van der Waals surface area (Å²) in [6.07, 6.45) is 0.598. The molecule has 2 aliphatic carbocycles. The first kappa shape index (κ1) is 26.3. The van der Waals surface area contributed by atoms with E-state index in [4.69, 9.17) is 14.7 Å². The first-order valence-corrected chi connectivity index (χ1v) is 13.1. The fourth-order valence-corrected chi connectivity index (χ4v) is 6.61. The number of esters is 1. The second kappa shape index (κ2) is 9.59. The third kappa shape index (κ3) is 3.43. The predicted octanol–water partition coefficient (Wildman–Crippen LogP) is 4.35. The maximum absolute atomic E-state index is 13.2. The molecule has 0 N–H and O–H groups in total. The van der Waals surface area contributed by atoms with Crippen LogP contribution < -0.4 is 0 Å². The Hall–Kier alpha value is -5.97. The monoisotopic (exact) mass is 548 g/mol. The molecule has 42 heavy (non-hydrogen) atoms. The lowest BCUT2D eigenvalue weighted by Gasteiger charge is -2.40. The van der Waals surface area contributed by atoms with Crippen LogP contribution in [0.4, 0.5) is 0 Å². The number of fused-ring (bicyclic) bond motifs is 6. The van der Waals surface area contributed by atoms with Gasteiger partial charge in [0.2, 0.25) is 0 Å². The van der Waals surface area contributed by atoms with Gasteiger partial charge in [0.15, 0.2) is 22.8 Å². The number of carbonyl (C=O) groups is 1. The molecule has 6 rings (SSSR count). The highest BCUT2D eigenvalue weighted by molar-refractivity contribution is 5.84. The van der Waals surface area contributed by atoms with Crippen molar-refractivity contribution in [2.45, 2.75) is 37.0 Å². The summed E-state index contributed by atoms with van der Waals surface area (Å²) in [5.74, 6) is -0.497. The summed E-state index contributed by atoms with van der Waals surface area (Å²) < 4.78 is 5.19. The van der Waals surface area contributed by atoms with Crippen molar-refractivity contribution in [1.29, 1.82) is 21.0 Å². The Kier molecular flexibility index (Phi) is 6.00. The normalized spacial score (nSPS) is 18.7. The van der Waals surface area contributed by atoms with Crippen molar-refractivity contribution in [3.05, 3.63) is 93.8 Å². The summed E-state index contributed by atoms with van der Waals surface area (Å²) in [6, 6.07) is 23.0. The molecule has 2 aliphatic rings. The van der Waals surface area contributed by atoms with Crippen LogP contribution in [0.25, 0.3) is 22.5 Å². The second-order valence-corrected chi connectivity index (χ2v) is 10.2. The zero-order chi connectivity index (χ0) is 29.6. The van der Waals surface area contributed by atoms with Crippen LogP contribution in [0.1, 0.15) is 71.5 Å². The minimum absolute atomic E-state index is 0.0626. The van der Waals surface area contributed by atoms with Crippen LogP contribution >= 0.6 is 0 Å². The Balaban J connectivity index is 1.72. The summed E-state index contributed by atoms with van der Waals surface area (Å²) in [4.78, 5) is 31.8. The summed E-state index contributed by atoms with van der Waals surface area (Å²) in [7, 11) is 1.31. The van der Waals surface area contributed by atoms with Crippen molar-refractivity contribution >= 4 is 5.97 Å². The molecule has 2 aromatic heterocycles.